The van der Waals surface area contributed by atoms with Gasteiger partial charge in [-0.3, -0.25) is 19.2 Å². The lowest BCUT2D eigenvalue weighted by atomic mass is 9.98. The molecule has 0 aliphatic carbocycles. The molecule has 2 amide bonds. The van der Waals surface area contributed by atoms with Crippen molar-refractivity contribution in [2.45, 2.75) is 36.9 Å². The van der Waals surface area contributed by atoms with Gasteiger partial charge in [0.15, 0.2) is 10.8 Å². The number of β-lactam (4-membered cyclic amide) rings is 1. The van der Waals surface area contributed by atoms with Gasteiger partial charge in [0.25, 0.3) is 5.91 Å². The Labute approximate surface area is 230 Å². The molecule has 38 heavy (non-hydrogen) atoms. The number of nitrogens with one attached hydrogen (secondary N) is 1. The van der Waals surface area contributed by atoms with Crippen molar-refractivity contribution in [2.24, 2.45) is 10.6 Å². The van der Waals surface area contributed by atoms with Crippen LogP contribution in [0.4, 0.5) is 5.13 Å². The maximum atomic E-state index is 12.9. The summed E-state index contributed by atoms with van der Waals surface area (Å²) >= 11 is 3.54. The molecule has 0 saturated carbocycles. The number of hydrogen-bond donors (Lipinski definition) is 3. The van der Waals surface area contributed by atoms with Gasteiger partial charge in [0, 0.05) is 17.7 Å². The Kier molecular flexibility index (Phi) is 9.14. The van der Waals surface area contributed by atoms with Crippen LogP contribution in [0.2, 0.25) is 0 Å². The number of thioether (sulfide) groups is 2. The Morgan fingerprint density at radius 2 is 2.05 bits per heavy atom. The van der Waals surface area contributed by atoms with E-state index in [1.165, 1.54) is 33.8 Å². The topological polar surface area (TPSA) is 200 Å². The molecule has 3 atom stereocenters. The summed E-state index contributed by atoms with van der Waals surface area (Å²) in [7, 11) is 0. The summed E-state index contributed by atoms with van der Waals surface area (Å²) in [4.78, 5) is 71.5. The van der Waals surface area contributed by atoms with Crippen molar-refractivity contribution in [3.05, 3.63) is 11.1 Å². The molecule has 3 rings (SSSR count). The minimum atomic E-state index is -1.29. The lowest BCUT2D eigenvalue weighted by Crippen LogP contribution is -2.75. The molecule has 2 fully saturated rings. The van der Waals surface area contributed by atoms with E-state index >= 15 is 0 Å². The summed E-state index contributed by atoms with van der Waals surface area (Å²) in [6.45, 7) is 3.74. The Bertz CT molecular complexity index is 1150. The number of thiazole rings is 1. The number of nitrogen functional groups attached to an aromatic ring is 1. The summed E-state index contributed by atoms with van der Waals surface area (Å²) in [5.74, 6) is -3.39. The van der Waals surface area contributed by atoms with Gasteiger partial charge < -0.3 is 35.4 Å². The Morgan fingerprint density at radius 1 is 1.34 bits per heavy atom. The van der Waals surface area contributed by atoms with Gasteiger partial charge in [0.1, 0.15) is 21.9 Å². The van der Waals surface area contributed by atoms with E-state index in [-0.39, 0.29) is 28.8 Å². The molecule has 17 heteroatoms. The first kappa shape index (κ1) is 29.5. The number of nitrogens with zero attached hydrogens (tertiary/aromatic N) is 3. The van der Waals surface area contributed by atoms with Crippen LogP contribution in [0.15, 0.2) is 10.5 Å². The number of carboxylic acid groups (broad SMARTS) is 1. The number of esters is 2. The zero-order valence-corrected chi connectivity index (χ0v) is 23.4. The third kappa shape index (κ3) is 6.50. The summed E-state index contributed by atoms with van der Waals surface area (Å²) in [5.41, 5.74) is 4.60. The number of hydrogen-bond acceptors (Lipinski definition) is 14. The maximum Gasteiger partial charge on any atom is 0.344 e. The van der Waals surface area contributed by atoms with Crippen LogP contribution in [0.3, 0.4) is 0 Å². The second-order valence-electron chi connectivity index (χ2n) is 9.23. The van der Waals surface area contributed by atoms with E-state index in [2.05, 4.69) is 15.5 Å². The lowest BCUT2D eigenvalue weighted by Gasteiger charge is -2.53. The number of rotatable bonds is 10. The number of nitrogens with two attached hydrogens (primary N) is 1. The molecule has 0 radical (unpaired) electrons. The van der Waals surface area contributed by atoms with Crippen LogP contribution >= 0.6 is 34.9 Å². The number of carbonyl (C=O) groups excluding carboxylic acids is 4. The number of aromatic nitrogens is 1. The van der Waals surface area contributed by atoms with Gasteiger partial charge in [-0.2, -0.15) is 0 Å². The average Bonchev–Trinajstić information content (AvgIpc) is 3.29. The van der Waals surface area contributed by atoms with E-state index in [1.807, 2.05) is 0 Å². The number of ether oxygens (including phenoxy) is 2. The van der Waals surface area contributed by atoms with Crippen molar-refractivity contribution < 1.29 is 43.4 Å². The van der Waals surface area contributed by atoms with Crippen LogP contribution in [0.5, 0.6) is 0 Å². The van der Waals surface area contributed by atoms with Crippen LogP contribution in [0.25, 0.3) is 0 Å². The van der Waals surface area contributed by atoms with Crippen molar-refractivity contribution in [1.82, 2.24) is 15.2 Å². The third-order valence-electron chi connectivity index (χ3n) is 5.42. The molecular formula is C21H27N5O9S3. The fraction of sp³-hybridized carbons (Fsp3) is 0.571. The number of carbonyl (C=O) groups is 5. The summed E-state index contributed by atoms with van der Waals surface area (Å²) in [6, 6.07) is -0.920. The van der Waals surface area contributed by atoms with Crippen LogP contribution < -0.4 is 11.1 Å². The van der Waals surface area contributed by atoms with E-state index in [0.717, 1.165) is 11.3 Å². The fourth-order valence-electron chi connectivity index (χ4n) is 3.33. The highest BCUT2D eigenvalue weighted by atomic mass is 32.2. The molecule has 208 valence electrons. The predicted molar refractivity (Wildman–Crippen MR) is 139 cm³/mol. The van der Waals surface area contributed by atoms with Gasteiger partial charge in [0.2, 0.25) is 19.3 Å². The molecule has 2 aliphatic heterocycles. The molecule has 2 aliphatic rings. The third-order valence-corrected chi connectivity index (χ3v) is 9.03. The monoisotopic (exact) mass is 589 g/mol. The molecule has 0 spiro atoms. The summed E-state index contributed by atoms with van der Waals surface area (Å²) in [5, 5.41) is 16.1. The first-order chi connectivity index (χ1) is 17.8. The number of carboxylic acids is 1. The zero-order valence-electron chi connectivity index (χ0n) is 20.9. The molecular weight excluding hydrogens is 562 g/mol. The second-order valence-corrected chi connectivity index (χ2v) is 12.4. The molecule has 1 aromatic heterocycles. The smallest absolute Gasteiger partial charge is 0.344 e. The van der Waals surface area contributed by atoms with Crippen molar-refractivity contribution in [2.75, 3.05) is 37.7 Å². The number of amides is 2. The molecule has 3 heterocycles. The zero-order chi connectivity index (χ0) is 28.3. The van der Waals surface area contributed by atoms with Crippen LogP contribution in [-0.2, 0) is 38.3 Å². The lowest BCUT2D eigenvalue weighted by molar-refractivity contribution is -0.175. The molecule has 4 N–H and O–H groups in total. The van der Waals surface area contributed by atoms with Gasteiger partial charge in [0.05, 0.1) is 5.41 Å². The minimum Gasteiger partial charge on any atom is -0.479 e. The van der Waals surface area contributed by atoms with Gasteiger partial charge >= 0.3 is 17.9 Å². The standard InChI is InChI=1S/C21H27N5O9S3/c1-20(2,3)17(31)33-9-34-18(32)21(36-4)7-26-15(30)13(16(26)38-8-21)24-14(29)12(25-35-5-11(27)28)10-6-37-19(22)23-10/h6,13,16H,5,7-9H2,1-4H3,(H2,22,23)(H,24,29)(H,27,28)/t13?,16-,21?/m1/s1. The molecule has 0 aromatic carbocycles. The maximum absolute atomic E-state index is 12.9. The second kappa shape index (κ2) is 11.8. The number of anilines is 1. The molecule has 14 nitrogen and oxygen atoms in total. The van der Waals surface area contributed by atoms with Crippen molar-refractivity contribution in [1.29, 1.82) is 0 Å². The minimum absolute atomic E-state index is 0.0361. The van der Waals surface area contributed by atoms with E-state index in [4.69, 9.17) is 25.2 Å². The highest BCUT2D eigenvalue weighted by Crippen LogP contribution is 2.43. The van der Waals surface area contributed by atoms with Gasteiger partial charge in [-0.05, 0) is 27.0 Å². The van der Waals surface area contributed by atoms with E-state index < -0.39 is 64.7 Å². The highest BCUT2D eigenvalue weighted by molar-refractivity contribution is 8.04. The Balaban J connectivity index is 1.63. The Morgan fingerprint density at radius 3 is 2.63 bits per heavy atom. The van der Waals surface area contributed by atoms with E-state index in [0.29, 0.717) is 0 Å². The molecule has 1 aromatic rings. The van der Waals surface area contributed by atoms with Gasteiger partial charge in [-0.25, -0.2) is 9.78 Å². The molecule has 2 unspecified atom stereocenters. The SMILES string of the molecule is CSC1(C(=O)OCOC(=O)C(C)(C)C)CS[C@@H]2C(NC(=O)C(=NOCC(=O)O)c3csc(N)n3)C(=O)N2C1. The molecule has 2 saturated heterocycles. The van der Waals surface area contributed by atoms with Crippen LogP contribution in [0.1, 0.15) is 26.5 Å². The van der Waals surface area contributed by atoms with Gasteiger partial charge in [-0.15, -0.1) is 34.9 Å². The normalized spacial score (nSPS) is 23.1. The van der Waals surface area contributed by atoms with E-state index in [9.17, 15) is 24.0 Å². The number of fused-ring (bicyclic) bond motifs is 1. The number of aliphatic carboxylic acids is 1. The van der Waals surface area contributed by atoms with Crippen molar-refractivity contribution >= 4 is 75.4 Å². The first-order valence-corrected chi connectivity index (χ1v) is 14.2. The largest absolute Gasteiger partial charge is 0.479 e. The summed E-state index contributed by atoms with van der Waals surface area (Å²) < 4.78 is 9.12. The van der Waals surface area contributed by atoms with E-state index in [1.54, 1.807) is 27.0 Å². The van der Waals surface area contributed by atoms with Crippen LogP contribution in [-0.4, -0.2) is 98.5 Å². The fourth-order valence-corrected chi connectivity index (χ4v) is 6.43. The Hall–Kier alpha value is -3.05. The van der Waals surface area contributed by atoms with Crippen LogP contribution in [0, 0.1) is 5.41 Å². The first-order valence-electron chi connectivity index (χ1n) is 11.0. The predicted octanol–water partition coefficient (Wildman–Crippen LogP) is 0.122. The van der Waals surface area contributed by atoms with Crippen molar-refractivity contribution in [3.63, 3.8) is 0 Å². The molecule has 0 bridgehead atoms. The van der Waals surface area contributed by atoms with Gasteiger partial charge in [-0.1, -0.05) is 5.16 Å². The number of oxime groups is 1. The quantitative estimate of drug-likeness (QED) is 0.109. The summed E-state index contributed by atoms with van der Waals surface area (Å²) in [6.07, 6.45) is 1.71. The average molecular weight is 590 g/mol. The van der Waals surface area contributed by atoms with Crippen molar-refractivity contribution in [3.8, 4) is 0 Å². The highest BCUT2D eigenvalue weighted by Gasteiger charge is 2.58.